The Hall–Kier alpha value is -2.24. The van der Waals surface area contributed by atoms with Crippen LogP contribution < -0.4 is 0 Å². The van der Waals surface area contributed by atoms with Crippen LogP contribution in [0, 0.1) is 0 Å². The lowest BCUT2D eigenvalue weighted by Crippen LogP contribution is -1.95. The maximum atomic E-state index is 4.15. The number of aromatic nitrogens is 6. The van der Waals surface area contributed by atoms with E-state index in [-0.39, 0.29) is 0 Å². The van der Waals surface area contributed by atoms with Crippen molar-refractivity contribution in [1.29, 1.82) is 0 Å². The zero-order valence-corrected chi connectivity index (χ0v) is 7.12. The summed E-state index contributed by atoms with van der Waals surface area (Å²) in [6, 6.07) is 0. The van der Waals surface area contributed by atoms with Crippen LogP contribution in [-0.2, 0) is 0 Å². The molecule has 0 unspecified atom stereocenters. The molecule has 0 radical (unpaired) electrons. The van der Waals surface area contributed by atoms with Crippen LogP contribution in [0.25, 0.3) is 17.1 Å². The first kappa shape index (κ1) is 7.19. The average Bonchev–Trinajstić information content (AvgIpc) is 2.85. The lowest BCUT2D eigenvalue weighted by atomic mass is 10.5. The summed E-state index contributed by atoms with van der Waals surface area (Å²) in [7, 11) is 0. The van der Waals surface area contributed by atoms with Gasteiger partial charge in [0.1, 0.15) is 18.2 Å². The first-order valence-electron chi connectivity index (χ1n) is 4.08. The van der Waals surface area contributed by atoms with Crippen LogP contribution >= 0.6 is 0 Å². The summed E-state index contributed by atoms with van der Waals surface area (Å²) in [5.41, 5.74) is 1.50. The SMILES string of the molecule is c1c[nH]c(-n2cnc3cncnc32)n1. The first-order chi connectivity index (χ1) is 6.95. The molecule has 3 aromatic rings. The summed E-state index contributed by atoms with van der Waals surface area (Å²) in [6.45, 7) is 0. The molecule has 68 valence electrons. The maximum Gasteiger partial charge on any atom is 0.214 e. The molecule has 0 aliphatic carbocycles. The molecule has 1 N–H and O–H groups in total. The third kappa shape index (κ3) is 0.905. The van der Waals surface area contributed by atoms with E-state index in [1.54, 1.807) is 29.5 Å². The fourth-order valence-corrected chi connectivity index (χ4v) is 1.31. The summed E-state index contributed by atoms with van der Waals surface area (Å²) in [6.07, 6.45) is 8.26. The fourth-order valence-electron chi connectivity index (χ4n) is 1.31. The maximum absolute atomic E-state index is 4.15. The minimum absolute atomic E-state index is 0.700. The van der Waals surface area contributed by atoms with Crippen molar-refractivity contribution in [3.8, 4) is 5.95 Å². The molecule has 0 spiro atoms. The van der Waals surface area contributed by atoms with Gasteiger partial charge in [0, 0.05) is 12.4 Å². The lowest BCUT2D eigenvalue weighted by Gasteiger charge is -1.96. The molecular formula is C8H6N6. The highest BCUT2D eigenvalue weighted by atomic mass is 15.2. The predicted molar refractivity (Wildman–Crippen MR) is 48.8 cm³/mol. The minimum Gasteiger partial charge on any atom is -0.330 e. The Bertz CT molecular complexity index is 552. The Kier molecular flexibility index (Phi) is 1.35. The van der Waals surface area contributed by atoms with Crippen LogP contribution in [0.4, 0.5) is 0 Å². The standard InChI is InChI=1S/C8H6N6/c1-2-11-8(10-1)14-5-13-6-3-9-4-12-7(6)14/h1-5H,(H,10,11). The monoisotopic (exact) mass is 186 g/mol. The molecule has 0 amide bonds. The van der Waals surface area contributed by atoms with Gasteiger partial charge in [0.2, 0.25) is 5.95 Å². The number of aromatic amines is 1. The first-order valence-corrected chi connectivity index (χ1v) is 4.08. The molecule has 0 fully saturated rings. The van der Waals surface area contributed by atoms with Crippen LogP contribution in [0.5, 0.6) is 0 Å². The number of imidazole rings is 2. The molecule has 0 aliphatic rings. The Balaban J connectivity index is 2.33. The molecule has 0 bridgehead atoms. The Morgan fingerprint density at radius 1 is 1.21 bits per heavy atom. The molecule has 3 heterocycles. The number of H-pyrrole nitrogens is 1. The van der Waals surface area contributed by atoms with E-state index in [0.717, 1.165) is 11.2 Å². The zero-order chi connectivity index (χ0) is 9.38. The minimum atomic E-state index is 0.700. The summed E-state index contributed by atoms with van der Waals surface area (Å²) in [5, 5.41) is 0. The van der Waals surface area contributed by atoms with Crippen molar-refractivity contribution in [2.45, 2.75) is 0 Å². The molecule has 14 heavy (non-hydrogen) atoms. The van der Waals surface area contributed by atoms with Gasteiger partial charge in [0.15, 0.2) is 5.65 Å². The van der Waals surface area contributed by atoms with E-state index in [4.69, 9.17) is 0 Å². The van der Waals surface area contributed by atoms with E-state index in [2.05, 4.69) is 24.9 Å². The Labute approximate surface area is 78.7 Å². The third-order valence-corrected chi connectivity index (χ3v) is 1.93. The molecule has 0 aromatic carbocycles. The largest absolute Gasteiger partial charge is 0.330 e. The second-order valence-corrected chi connectivity index (χ2v) is 2.76. The number of fused-ring (bicyclic) bond motifs is 1. The fraction of sp³-hybridized carbons (Fsp3) is 0. The molecule has 0 aliphatic heterocycles. The van der Waals surface area contributed by atoms with Gasteiger partial charge in [0.25, 0.3) is 0 Å². The quantitative estimate of drug-likeness (QED) is 0.602. The molecule has 6 nitrogen and oxygen atoms in total. The van der Waals surface area contributed by atoms with Crippen molar-refractivity contribution in [3.63, 3.8) is 0 Å². The van der Waals surface area contributed by atoms with Gasteiger partial charge < -0.3 is 4.98 Å². The molecule has 6 heteroatoms. The van der Waals surface area contributed by atoms with Crippen LogP contribution in [0.1, 0.15) is 0 Å². The Morgan fingerprint density at radius 3 is 3.07 bits per heavy atom. The highest BCUT2D eigenvalue weighted by molar-refractivity contribution is 5.70. The number of rotatable bonds is 1. The summed E-state index contributed by atoms with van der Waals surface area (Å²) < 4.78 is 1.77. The van der Waals surface area contributed by atoms with Gasteiger partial charge in [-0.15, -0.1) is 0 Å². The van der Waals surface area contributed by atoms with Crippen molar-refractivity contribution >= 4 is 11.2 Å². The van der Waals surface area contributed by atoms with Crippen LogP contribution in [-0.4, -0.2) is 29.5 Å². The highest BCUT2D eigenvalue weighted by Crippen LogP contribution is 2.10. The van der Waals surface area contributed by atoms with E-state index in [9.17, 15) is 0 Å². The average molecular weight is 186 g/mol. The number of nitrogens with zero attached hydrogens (tertiary/aromatic N) is 5. The molecular weight excluding hydrogens is 180 g/mol. The van der Waals surface area contributed by atoms with E-state index < -0.39 is 0 Å². The van der Waals surface area contributed by atoms with Gasteiger partial charge in [-0.1, -0.05) is 0 Å². The van der Waals surface area contributed by atoms with E-state index in [0.29, 0.717) is 5.95 Å². The molecule has 0 atom stereocenters. The summed E-state index contributed by atoms with van der Waals surface area (Å²) in [4.78, 5) is 19.3. The molecule has 0 saturated heterocycles. The van der Waals surface area contributed by atoms with Gasteiger partial charge in [-0.05, 0) is 0 Å². The van der Waals surface area contributed by atoms with E-state index in [1.807, 2.05) is 0 Å². The van der Waals surface area contributed by atoms with E-state index in [1.165, 1.54) is 6.33 Å². The number of hydrogen-bond acceptors (Lipinski definition) is 4. The second kappa shape index (κ2) is 2.63. The van der Waals surface area contributed by atoms with Gasteiger partial charge in [-0.2, -0.15) is 0 Å². The highest BCUT2D eigenvalue weighted by Gasteiger charge is 2.05. The van der Waals surface area contributed by atoms with Crippen molar-refractivity contribution < 1.29 is 0 Å². The topological polar surface area (TPSA) is 72.3 Å². The number of hydrogen-bond donors (Lipinski definition) is 1. The summed E-state index contributed by atoms with van der Waals surface area (Å²) in [5.74, 6) is 0.700. The predicted octanol–water partition coefficient (Wildman–Crippen LogP) is 0.539. The van der Waals surface area contributed by atoms with Crippen LogP contribution in [0.3, 0.4) is 0 Å². The van der Waals surface area contributed by atoms with Crippen molar-refractivity contribution in [3.05, 3.63) is 31.2 Å². The van der Waals surface area contributed by atoms with Gasteiger partial charge in [-0.25, -0.2) is 19.9 Å². The van der Waals surface area contributed by atoms with Crippen molar-refractivity contribution in [1.82, 2.24) is 29.5 Å². The normalized spacial score (nSPS) is 10.9. The molecule has 3 aromatic heterocycles. The third-order valence-electron chi connectivity index (χ3n) is 1.93. The number of nitrogens with one attached hydrogen (secondary N) is 1. The van der Waals surface area contributed by atoms with Gasteiger partial charge in [-0.3, -0.25) is 4.57 Å². The molecule has 0 saturated carbocycles. The van der Waals surface area contributed by atoms with Gasteiger partial charge >= 0.3 is 0 Å². The lowest BCUT2D eigenvalue weighted by molar-refractivity contribution is 0.970. The zero-order valence-electron chi connectivity index (χ0n) is 7.12. The Morgan fingerprint density at radius 2 is 2.21 bits per heavy atom. The van der Waals surface area contributed by atoms with Crippen molar-refractivity contribution in [2.75, 3.05) is 0 Å². The second-order valence-electron chi connectivity index (χ2n) is 2.76. The smallest absolute Gasteiger partial charge is 0.214 e. The van der Waals surface area contributed by atoms with Gasteiger partial charge in [0.05, 0.1) is 6.20 Å². The molecule has 3 rings (SSSR count). The van der Waals surface area contributed by atoms with Crippen LogP contribution in [0.2, 0.25) is 0 Å². The van der Waals surface area contributed by atoms with E-state index >= 15 is 0 Å². The van der Waals surface area contributed by atoms with Crippen molar-refractivity contribution in [2.24, 2.45) is 0 Å². The summed E-state index contributed by atoms with van der Waals surface area (Å²) >= 11 is 0. The van der Waals surface area contributed by atoms with Crippen LogP contribution in [0.15, 0.2) is 31.2 Å².